The van der Waals surface area contributed by atoms with Gasteiger partial charge in [-0.3, -0.25) is 0 Å². The molecular weight excluding hydrogens is 755 g/mol. The van der Waals surface area contributed by atoms with Crippen LogP contribution in [-0.4, -0.2) is 176 Å². The molecule has 0 aliphatic heterocycles. The van der Waals surface area contributed by atoms with Crippen molar-refractivity contribution in [2.45, 2.75) is 46.0 Å². The summed E-state index contributed by atoms with van der Waals surface area (Å²) in [4.78, 5) is 0. The summed E-state index contributed by atoms with van der Waals surface area (Å²) >= 11 is 2.42. The van der Waals surface area contributed by atoms with Crippen LogP contribution in [0.5, 0.6) is 0 Å². The Labute approximate surface area is 311 Å². The summed E-state index contributed by atoms with van der Waals surface area (Å²) in [5.74, 6) is 0.598. The summed E-state index contributed by atoms with van der Waals surface area (Å²) in [6, 6.07) is 0. The third-order valence-corrected chi connectivity index (χ3v) is 7.50. The lowest BCUT2D eigenvalue weighted by Crippen LogP contribution is -2.15. The van der Waals surface area contributed by atoms with Crippen LogP contribution in [-0.2, 0) is 61.6 Å². The molecule has 13 nitrogen and oxygen atoms in total. The molecule has 14 heteroatoms. The standard InChI is InChI=1S/C35H71IO13/c1-3-35(2)34-49-33-32-48-31-30-47-29-28-46-27-26-45-25-24-44-23-22-43-21-20-42-19-18-41-17-16-40-15-14-39-13-12-38-11-10-37-9-7-5-4-6-8-36/h35H,3-34H2,1-2H3. The molecule has 0 radical (unpaired) electrons. The van der Waals surface area contributed by atoms with E-state index in [1.54, 1.807) is 0 Å². The lowest BCUT2D eigenvalue weighted by Gasteiger charge is -2.10. The van der Waals surface area contributed by atoms with Crippen molar-refractivity contribution in [3.05, 3.63) is 0 Å². The second-order valence-corrected chi connectivity index (χ2v) is 12.1. The van der Waals surface area contributed by atoms with Crippen LogP contribution in [0.3, 0.4) is 0 Å². The Balaban J connectivity index is 3.05. The Morgan fingerprint density at radius 3 is 0.776 bits per heavy atom. The summed E-state index contributed by atoms with van der Waals surface area (Å²) in [5.41, 5.74) is 0. The van der Waals surface area contributed by atoms with E-state index < -0.39 is 0 Å². The molecule has 1 atom stereocenters. The third kappa shape index (κ3) is 46.2. The minimum atomic E-state index is 0.516. The fourth-order valence-electron chi connectivity index (χ4n) is 3.69. The van der Waals surface area contributed by atoms with Crippen molar-refractivity contribution in [2.75, 3.05) is 176 Å². The van der Waals surface area contributed by atoms with Crippen molar-refractivity contribution in [3.63, 3.8) is 0 Å². The normalized spacial score (nSPS) is 12.3. The zero-order valence-electron chi connectivity index (χ0n) is 30.9. The van der Waals surface area contributed by atoms with Crippen LogP contribution < -0.4 is 0 Å². The fraction of sp³-hybridized carbons (Fsp3) is 1.00. The number of halogens is 1. The average Bonchev–Trinajstić information content (AvgIpc) is 3.11. The van der Waals surface area contributed by atoms with Crippen molar-refractivity contribution in [2.24, 2.45) is 5.92 Å². The summed E-state index contributed by atoms with van der Waals surface area (Å²) in [6.45, 7) is 19.1. The predicted molar refractivity (Wildman–Crippen MR) is 197 cm³/mol. The van der Waals surface area contributed by atoms with Crippen LogP contribution >= 0.6 is 22.6 Å². The first-order valence-corrected chi connectivity index (χ1v) is 19.9. The lowest BCUT2D eigenvalue weighted by molar-refractivity contribution is -0.0292. The van der Waals surface area contributed by atoms with Gasteiger partial charge in [0.15, 0.2) is 0 Å². The molecule has 49 heavy (non-hydrogen) atoms. The highest BCUT2D eigenvalue weighted by Gasteiger charge is 1.99. The van der Waals surface area contributed by atoms with Gasteiger partial charge < -0.3 is 61.6 Å². The fourth-order valence-corrected chi connectivity index (χ4v) is 4.23. The first-order chi connectivity index (χ1) is 24.3. The minimum absolute atomic E-state index is 0.516. The van der Waals surface area contributed by atoms with E-state index in [0.717, 1.165) is 26.1 Å². The molecule has 0 bridgehead atoms. The van der Waals surface area contributed by atoms with E-state index in [2.05, 4.69) is 36.4 Å². The van der Waals surface area contributed by atoms with Crippen molar-refractivity contribution in [1.29, 1.82) is 0 Å². The molecule has 0 saturated heterocycles. The molecule has 0 N–H and O–H groups in total. The van der Waals surface area contributed by atoms with Crippen molar-refractivity contribution in [3.8, 4) is 0 Å². The van der Waals surface area contributed by atoms with E-state index in [0.29, 0.717) is 164 Å². The second-order valence-electron chi connectivity index (χ2n) is 11.0. The van der Waals surface area contributed by atoms with Gasteiger partial charge in [0.2, 0.25) is 0 Å². The summed E-state index contributed by atoms with van der Waals surface area (Å²) in [6.07, 6.45) is 6.11. The van der Waals surface area contributed by atoms with Gasteiger partial charge in [-0.15, -0.1) is 0 Å². The maximum Gasteiger partial charge on any atom is 0.0701 e. The molecule has 0 saturated carbocycles. The van der Waals surface area contributed by atoms with Gasteiger partial charge in [-0.1, -0.05) is 55.7 Å². The Morgan fingerprint density at radius 1 is 0.306 bits per heavy atom. The van der Waals surface area contributed by atoms with Crippen LogP contribution in [0.1, 0.15) is 46.0 Å². The molecule has 0 aromatic carbocycles. The van der Waals surface area contributed by atoms with Crippen molar-refractivity contribution in [1.82, 2.24) is 0 Å². The number of alkyl halides is 1. The van der Waals surface area contributed by atoms with Gasteiger partial charge in [0, 0.05) is 13.2 Å². The zero-order valence-corrected chi connectivity index (χ0v) is 33.0. The van der Waals surface area contributed by atoms with E-state index in [1.165, 1.54) is 23.7 Å². The molecule has 0 spiro atoms. The van der Waals surface area contributed by atoms with E-state index in [-0.39, 0.29) is 0 Å². The van der Waals surface area contributed by atoms with E-state index in [4.69, 9.17) is 61.6 Å². The Morgan fingerprint density at radius 2 is 0.531 bits per heavy atom. The molecule has 0 aromatic heterocycles. The van der Waals surface area contributed by atoms with E-state index in [9.17, 15) is 0 Å². The molecule has 0 aliphatic carbocycles. The molecule has 0 rings (SSSR count). The molecule has 1 unspecified atom stereocenters. The summed E-state index contributed by atoms with van der Waals surface area (Å²) in [7, 11) is 0. The van der Waals surface area contributed by atoms with Crippen LogP contribution in [0.25, 0.3) is 0 Å². The molecule has 0 heterocycles. The maximum atomic E-state index is 5.56. The van der Waals surface area contributed by atoms with Crippen LogP contribution in [0.2, 0.25) is 0 Å². The van der Waals surface area contributed by atoms with Gasteiger partial charge in [-0.2, -0.15) is 0 Å². The second kappa shape index (κ2) is 46.2. The molecular formula is C35H71IO13. The van der Waals surface area contributed by atoms with Crippen LogP contribution in [0.4, 0.5) is 0 Å². The van der Waals surface area contributed by atoms with Gasteiger partial charge in [0.25, 0.3) is 0 Å². The smallest absolute Gasteiger partial charge is 0.0701 e. The number of rotatable bonds is 45. The number of hydrogen-bond acceptors (Lipinski definition) is 13. The Kier molecular flexibility index (Phi) is 46.4. The highest BCUT2D eigenvalue weighted by molar-refractivity contribution is 14.1. The Bertz CT molecular complexity index is 584. The van der Waals surface area contributed by atoms with Crippen LogP contribution in [0.15, 0.2) is 0 Å². The quantitative estimate of drug-likeness (QED) is 0.0496. The lowest BCUT2D eigenvalue weighted by atomic mass is 10.1. The number of hydrogen-bond donors (Lipinski definition) is 0. The van der Waals surface area contributed by atoms with Gasteiger partial charge in [-0.05, 0) is 23.2 Å². The molecule has 0 aliphatic rings. The topological polar surface area (TPSA) is 120 Å². The van der Waals surface area contributed by atoms with Gasteiger partial charge in [0.1, 0.15) is 0 Å². The van der Waals surface area contributed by atoms with Crippen molar-refractivity contribution < 1.29 is 61.6 Å². The highest BCUT2D eigenvalue weighted by atomic mass is 127. The Hall–Kier alpha value is 0.210. The molecule has 0 aromatic rings. The van der Waals surface area contributed by atoms with Crippen molar-refractivity contribution >= 4 is 22.6 Å². The number of ether oxygens (including phenoxy) is 13. The zero-order chi connectivity index (χ0) is 35.4. The first kappa shape index (κ1) is 49.2. The van der Waals surface area contributed by atoms with Crippen LogP contribution in [0, 0.1) is 5.92 Å². The molecule has 296 valence electrons. The first-order valence-electron chi connectivity index (χ1n) is 18.4. The summed E-state index contributed by atoms with van der Waals surface area (Å²) in [5, 5.41) is 0. The molecule has 0 amide bonds. The monoisotopic (exact) mass is 826 g/mol. The summed E-state index contributed by atoms with van der Waals surface area (Å²) < 4.78 is 72.8. The third-order valence-electron chi connectivity index (χ3n) is 6.74. The predicted octanol–water partition coefficient (Wildman–Crippen LogP) is 4.24. The molecule has 0 fully saturated rings. The van der Waals surface area contributed by atoms with E-state index in [1.807, 2.05) is 0 Å². The average molecular weight is 827 g/mol. The largest absolute Gasteiger partial charge is 0.379 e. The number of unbranched alkanes of at least 4 members (excludes halogenated alkanes) is 3. The maximum absolute atomic E-state index is 5.56. The van der Waals surface area contributed by atoms with Gasteiger partial charge in [-0.25, -0.2) is 0 Å². The van der Waals surface area contributed by atoms with Gasteiger partial charge >= 0.3 is 0 Å². The minimum Gasteiger partial charge on any atom is -0.379 e. The van der Waals surface area contributed by atoms with Gasteiger partial charge in [0.05, 0.1) is 159 Å². The SMILES string of the molecule is CCC(C)COCCOCCOCCOCCOCCOCCOCCOCCOCCOCCOCCOCCOCCCCCCI. The highest BCUT2D eigenvalue weighted by Crippen LogP contribution is 2.02. The van der Waals surface area contributed by atoms with E-state index >= 15 is 0 Å².